The second-order valence-electron chi connectivity index (χ2n) is 5.77. The maximum Gasteiger partial charge on any atom is 0.340 e. The highest BCUT2D eigenvalue weighted by atomic mass is 79.9. The molecular formula is C17H17BrO3. The highest BCUT2D eigenvalue weighted by Gasteiger charge is 2.21. The number of ether oxygens (including phenoxy) is 1. The van der Waals surface area contributed by atoms with E-state index < -0.39 is 5.97 Å². The summed E-state index contributed by atoms with van der Waals surface area (Å²) >= 11 is 3.26. The third-order valence-electron chi connectivity index (χ3n) is 3.10. The molecule has 0 atom stereocenters. The zero-order valence-corrected chi connectivity index (χ0v) is 13.8. The number of benzene rings is 2. The van der Waals surface area contributed by atoms with Gasteiger partial charge in [0, 0.05) is 10.0 Å². The average molecular weight is 349 g/mol. The van der Waals surface area contributed by atoms with Crippen molar-refractivity contribution in [1.29, 1.82) is 0 Å². The molecule has 0 saturated heterocycles. The van der Waals surface area contributed by atoms with E-state index in [1.807, 2.05) is 24.3 Å². The van der Waals surface area contributed by atoms with E-state index in [-0.39, 0.29) is 11.0 Å². The predicted octanol–water partition coefficient (Wildman–Crippen LogP) is 5.24. The molecular weight excluding hydrogens is 332 g/mol. The van der Waals surface area contributed by atoms with Crippen LogP contribution in [0.1, 0.15) is 36.7 Å². The molecule has 0 aromatic heterocycles. The van der Waals surface area contributed by atoms with E-state index in [0.29, 0.717) is 16.0 Å². The summed E-state index contributed by atoms with van der Waals surface area (Å²) in [5.41, 5.74) is 1.06. The van der Waals surface area contributed by atoms with Gasteiger partial charge < -0.3 is 9.84 Å². The van der Waals surface area contributed by atoms with Crippen LogP contribution in [-0.2, 0) is 5.41 Å². The Morgan fingerprint density at radius 2 is 1.67 bits per heavy atom. The molecule has 2 rings (SSSR count). The van der Waals surface area contributed by atoms with Crippen molar-refractivity contribution in [2.24, 2.45) is 0 Å². The van der Waals surface area contributed by atoms with Gasteiger partial charge in [-0.15, -0.1) is 0 Å². The molecule has 0 bridgehead atoms. The largest absolute Gasteiger partial charge is 0.478 e. The fourth-order valence-electron chi connectivity index (χ4n) is 2.09. The van der Waals surface area contributed by atoms with E-state index in [2.05, 4.69) is 36.7 Å². The van der Waals surface area contributed by atoms with E-state index in [1.54, 1.807) is 18.2 Å². The zero-order valence-electron chi connectivity index (χ0n) is 12.2. The third kappa shape index (κ3) is 3.45. The molecule has 2 aromatic rings. The van der Waals surface area contributed by atoms with Gasteiger partial charge in [-0.1, -0.05) is 45.0 Å². The van der Waals surface area contributed by atoms with Crippen LogP contribution in [0.3, 0.4) is 0 Å². The van der Waals surface area contributed by atoms with Crippen LogP contribution in [0.5, 0.6) is 11.5 Å². The van der Waals surface area contributed by atoms with Crippen molar-refractivity contribution in [2.75, 3.05) is 0 Å². The number of carboxylic acid groups (broad SMARTS) is 1. The molecule has 0 fully saturated rings. The quantitative estimate of drug-likeness (QED) is 0.825. The molecule has 3 nitrogen and oxygen atoms in total. The monoisotopic (exact) mass is 348 g/mol. The molecule has 0 unspecified atom stereocenters. The number of hydrogen-bond donors (Lipinski definition) is 1. The fraction of sp³-hybridized carbons (Fsp3) is 0.235. The summed E-state index contributed by atoms with van der Waals surface area (Å²) in [6.07, 6.45) is 0. The summed E-state index contributed by atoms with van der Waals surface area (Å²) < 4.78 is 6.40. The van der Waals surface area contributed by atoms with Gasteiger partial charge >= 0.3 is 5.97 Å². The number of hydrogen-bond acceptors (Lipinski definition) is 2. The lowest BCUT2D eigenvalue weighted by Crippen LogP contribution is -2.12. The number of para-hydroxylation sites is 1. The van der Waals surface area contributed by atoms with E-state index in [4.69, 9.17) is 4.74 Å². The van der Waals surface area contributed by atoms with Crippen LogP contribution >= 0.6 is 15.9 Å². The van der Waals surface area contributed by atoms with Crippen molar-refractivity contribution in [1.82, 2.24) is 0 Å². The first-order valence-corrected chi connectivity index (χ1v) is 7.39. The Balaban J connectivity index is 2.50. The molecule has 0 radical (unpaired) electrons. The summed E-state index contributed by atoms with van der Waals surface area (Å²) in [7, 11) is 0. The van der Waals surface area contributed by atoms with Crippen molar-refractivity contribution in [3.8, 4) is 11.5 Å². The maximum absolute atomic E-state index is 11.4. The number of carbonyl (C=O) groups is 1. The van der Waals surface area contributed by atoms with Crippen LogP contribution in [0.15, 0.2) is 46.9 Å². The lowest BCUT2D eigenvalue weighted by molar-refractivity contribution is 0.0693. The van der Waals surface area contributed by atoms with Crippen molar-refractivity contribution in [3.63, 3.8) is 0 Å². The Morgan fingerprint density at radius 1 is 1.05 bits per heavy atom. The van der Waals surface area contributed by atoms with Gasteiger partial charge in [-0.05, 0) is 39.5 Å². The van der Waals surface area contributed by atoms with Crippen molar-refractivity contribution in [3.05, 3.63) is 58.1 Å². The summed E-state index contributed by atoms with van der Waals surface area (Å²) in [5, 5.41) is 9.34. The van der Waals surface area contributed by atoms with Crippen LogP contribution in [0.25, 0.3) is 0 Å². The first-order valence-electron chi connectivity index (χ1n) is 6.60. The number of carboxylic acids is 1. The molecule has 0 aliphatic rings. The van der Waals surface area contributed by atoms with Crippen LogP contribution in [0, 0.1) is 0 Å². The molecule has 0 amide bonds. The normalized spacial score (nSPS) is 11.2. The van der Waals surface area contributed by atoms with Crippen molar-refractivity contribution in [2.45, 2.75) is 26.2 Å². The molecule has 0 heterocycles. The summed E-state index contributed by atoms with van der Waals surface area (Å²) in [5.74, 6) is -0.0233. The topological polar surface area (TPSA) is 46.5 Å². The van der Waals surface area contributed by atoms with Crippen LogP contribution < -0.4 is 4.74 Å². The standard InChI is InChI=1S/C17H17BrO3/c1-17(2,3)11-7-4-5-9-13(11)21-14-10-6-8-12(18)15(14)16(19)20/h4-10H,1-3H3,(H,19,20). The van der Waals surface area contributed by atoms with Crippen LogP contribution in [0.2, 0.25) is 0 Å². The molecule has 1 N–H and O–H groups in total. The average Bonchev–Trinajstić information content (AvgIpc) is 2.37. The number of aromatic carboxylic acids is 1. The van der Waals surface area contributed by atoms with Gasteiger partial charge in [-0.25, -0.2) is 4.79 Å². The Morgan fingerprint density at radius 3 is 2.29 bits per heavy atom. The van der Waals surface area contributed by atoms with Crippen LogP contribution in [0.4, 0.5) is 0 Å². The zero-order chi connectivity index (χ0) is 15.6. The molecule has 0 aliphatic heterocycles. The van der Waals surface area contributed by atoms with Gasteiger partial charge in [0.1, 0.15) is 17.1 Å². The Kier molecular flexibility index (Phi) is 4.37. The smallest absolute Gasteiger partial charge is 0.340 e. The molecule has 2 aromatic carbocycles. The minimum absolute atomic E-state index is 0.0913. The Labute approximate surface area is 132 Å². The minimum atomic E-state index is -1.02. The Bertz CT molecular complexity index is 672. The van der Waals surface area contributed by atoms with Gasteiger partial charge in [0.15, 0.2) is 0 Å². The van der Waals surface area contributed by atoms with E-state index >= 15 is 0 Å². The van der Waals surface area contributed by atoms with Gasteiger partial charge in [-0.2, -0.15) is 0 Å². The lowest BCUT2D eigenvalue weighted by Gasteiger charge is -2.23. The molecule has 4 heteroatoms. The SMILES string of the molecule is CC(C)(C)c1ccccc1Oc1cccc(Br)c1C(=O)O. The second-order valence-corrected chi connectivity index (χ2v) is 6.62. The molecule has 0 saturated carbocycles. The second kappa shape index (κ2) is 5.90. The van der Waals surface area contributed by atoms with Gasteiger partial charge in [-0.3, -0.25) is 0 Å². The van der Waals surface area contributed by atoms with Crippen molar-refractivity contribution >= 4 is 21.9 Å². The third-order valence-corrected chi connectivity index (χ3v) is 3.77. The number of rotatable bonds is 3. The first-order chi connectivity index (χ1) is 9.80. The first kappa shape index (κ1) is 15.6. The molecule has 0 aliphatic carbocycles. The molecule has 21 heavy (non-hydrogen) atoms. The van der Waals surface area contributed by atoms with Gasteiger partial charge in [0.05, 0.1) is 0 Å². The molecule has 110 valence electrons. The number of halogens is 1. The highest BCUT2D eigenvalue weighted by Crippen LogP contribution is 2.36. The fourth-order valence-corrected chi connectivity index (χ4v) is 2.61. The summed E-state index contributed by atoms with van der Waals surface area (Å²) in [6, 6.07) is 12.8. The summed E-state index contributed by atoms with van der Waals surface area (Å²) in [4.78, 5) is 11.4. The van der Waals surface area contributed by atoms with E-state index in [0.717, 1.165) is 5.56 Å². The van der Waals surface area contributed by atoms with Crippen molar-refractivity contribution < 1.29 is 14.6 Å². The van der Waals surface area contributed by atoms with E-state index in [1.165, 1.54) is 0 Å². The predicted molar refractivity (Wildman–Crippen MR) is 86.3 cm³/mol. The van der Waals surface area contributed by atoms with E-state index in [9.17, 15) is 9.90 Å². The van der Waals surface area contributed by atoms with Gasteiger partial charge in [0.25, 0.3) is 0 Å². The highest BCUT2D eigenvalue weighted by molar-refractivity contribution is 9.10. The molecule has 0 spiro atoms. The van der Waals surface area contributed by atoms with Gasteiger partial charge in [0.2, 0.25) is 0 Å². The van der Waals surface area contributed by atoms with Crippen LogP contribution in [-0.4, -0.2) is 11.1 Å². The minimum Gasteiger partial charge on any atom is -0.478 e. The lowest BCUT2D eigenvalue weighted by atomic mass is 9.86. The maximum atomic E-state index is 11.4. The Hall–Kier alpha value is -1.81. The summed E-state index contributed by atoms with van der Waals surface area (Å²) in [6.45, 7) is 6.27.